The van der Waals surface area contributed by atoms with Gasteiger partial charge in [-0.1, -0.05) is 18.2 Å². The maximum absolute atomic E-state index is 13.0. The molecule has 4 heteroatoms. The second-order valence-corrected chi connectivity index (χ2v) is 7.35. The van der Waals surface area contributed by atoms with Gasteiger partial charge in [-0.15, -0.1) is 0 Å². The number of ketones is 1. The number of hydrogen-bond acceptors (Lipinski definition) is 3. The van der Waals surface area contributed by atoms with Gasteiger partial charge in [0.15, 0.2) is 5.78 Å². The zero-order valence-corrected chi connectivity index (χ0v) is 16.9. The van der Waals surface area contributed by atoms with Gasteiger partial charge in [0, 0.05) is 11.1 Å². The van der Waals surface area contributed by atoms with Gasteiger partial charge in [0.25, 0.3) is 0 Å². The number of allylic oxidation sites excluding steroid dienone is 1. The second kappa shape index (κ2) is 8.95. The molecule has 0 spiro atoms. The Balaban J connectivity index is 1.47. The van der Waals surface area contributed by atoms with Crippen molar-refractivity contribution in [3.05, 3.63) is 100 Å². The lowest BCUT2D eigenvalue weighted by Gasteiger charge is -2.12. The van der Waals surface area contributed by atoms with E-state index >= 15 is 0 Å². The minimum Gasteiger partial charge on any atom is -0.496 e. The van der Waals surface area contributed by atoms with E-state index in [1.54, 1.807) is 13.2 Å². The number of ether oxygens (including phenoxy) is 2. The molecule has 0 saturated heterocycles. The standard InChI is InChI=1S/C26H23FO3/c1-29-26-14-6-18(5-13-25(28)20-7-10-23(27)11-8-20)15-22(26)17-30-24-12-9-19-3-2-4-21(19)16-24/h5-16H,2-4,17H2,1H3/b13-5+. The van der Waals surface area contributed by atoms with E-state index in [9.17, 15) is 9.18 Å². The predicted molar refractivity (Wildman–Crippen MR) is 116 cm³/mol. The molecule has 0 amide bonds. The molecule has 30 heavy (non-hydrogen) atoms. The number of halogens is 1. The van der Waals surface area contributed by atoms with Crippen molar-refractivity contribution < 1.29 is 18.7 Å². The maximum atomic E-state index is 13.0. The van der Waals surface area contributed by atoms with Crippen LogP contribution in [0.4, 0.5) is 4.39 Å². The molecule has 152 valence electrons. The van der Waals surface area contributed by atoms with Crippen LogP contribution in [0.15, 0.2) is 66.7 Å². The number of hydrogen-bond donors (Lipinski definition) is 0. The Hall–Kier alpha value is -3.40. The zero-order valence-electron chi connectivity index (χ0n) is 16.9. The molecule has 0 atom stereocenters. The van der Waals surface area contributed by atoms with Gasteiger partial charge < -0.3 is 9.47 Å². The van der Waals surface area contributed by atoms with Gasteiger partial charge in [-0.05, 0) is 90.6 Å². The Morgan fingerprint density at radius 1 is 1.00 bits per heavy atom. The summed E-state index contributed by atoms with van der Waals surface area (Å²) in [6.07, 6.45) is 6.69. The van der Waals surface area contributed by atoms with Gasteiger partial charge >= 0.3 is 0 Å². The number of benzene rings is 3. The van der Waals surface area contributed by atoms with E-state index in [0.29, 0.717) is 12.2 Å². The van der Waals surface area contributed by atoms with Crippen molar-refractivity contribution in [2.24, 2.45) is 0 Å². The normalized spacial score (nSPS) is 12.7. The minimum atomic E-state index is -0.362. The third-order valence-electron chi connectivity index (χ3n) is 5.32. The highest BCUT2D eigenvalue weighted by atomic mass is 19.1. The smallest absolute Gasteiger partial charge is 0.185 e. The summed E-state index contributed by atoms with van der Waals surface area (Å²) in [6.45, 7) is 0.371. The Bertz CT molecular complexity index is 1080. The van der Waals surface area contributed by atoms with Gasteiger partial charge in [-0.2, -0.15) is 0 Å². The van der Waals surface area contributed by atoms with Gasteiger partial charge in [0.2, 0.25) is 0 Å². The van der Waals surface area contributed by atoms with E-state index in [-0.39, 0.29) is 11.6 Å². The molecule has 3 aromatic carbocycles. The molecule has 0 fully saturated rings. The van der Waals surface area contributed by atoms with Crippen molar-refractivity contribution in [1.29, 1.82) is 0 Å². The van der Waals surface area contributed by atoms with Crippen LogP contribution in [0.3, 0.4) is 0 Å². The fourth-order valence-corrected chi connectivity index (χ4v) is 3.70. The molecule has 0 radical (unpaired) electrons. The van der Waals surface area contributed by atoms with Crippen molar-refractivity contribution in [3.63, 3.8) is 0 Å². The number of fused-ring (bicyclic) bond motifs is 1. The van der Waals surface area contributed by atoms with E-state index in [4.69, 9.17) is 9.47 Å². The lowest BCUT2D eigenvalue weighted by Crippen LogP contribution is -2.00. The van der Waals surface area contributed by atoms with Crippen LogP contribution in [0.25, 0.3) is 6.08 Å². The number of carbonyl (C=O) groups excluding carboxylic acids is 1. The maximum Gasteiger partial charge on any atom is 0.185 e. The van der Waals surface area contributed by atoms with Crippen LogP contribution in [0.5, 0.6) is 11.5 Å². The van der Waals surface area contributed by atoms with Crippen LogP contribution < -0.4 is 9.47 Å². The highest BCUT2D eigenvalue weighted by molar-refractivity contribution is 6.06. The topological polar surface area (TPSA) is 35.5 Å². The summed E-state index contributed by atoms with van der Waals surface area (Å²) in [7, 11) is 1.63. The average Bonchev–Trinajstić information content (AvgIpc) is 3.24. The molecular formula is C26H23FO3. The lowest BCUT2D eigenvalue weighted by molar-refractivity contribution is 0.104. The molecule has 0 heterocycles. The fraction of sp³-hybridized carbons (Fsp3) is 0.192. The van der Waals surface area contributed by atoms with Gasteiger partial charge in [-0.25, -0.2) is 4.39 Å². The Morgan fingerprint density at radius 3 is 2.60 bits per heavy atom. The minimum absolute atomic E-state index is 0.179. The SMILES string of the molecule is COc1ccc(/C=C/C(=O)c2ccc(F)cc2)cc1COc1ccc2c(c1)CCC2. The van der Waals surface area contributed by atoms with Gasteiger partial charge in [0.05, 0.1) is 7.11 Å². The lowest BCUT2D eigenvalue weighted by atomic mass is 10.1. The van der Waals surface area contributed by atoms with Crippen molar-refractivity contribution in [2.75, 3.05) is 7.11 Å². The fourth-order valence-electron chi connectivity index (χ4n) is 3.70. The number of carbonyl (C=O) groups is 1. The van der Waals surface area contributed by atoms with E-state index < -0.39 is 0 Å². The van der Waals surface area contributed by atoms with E-state index in [1.807, 2.05) is 24.3 Å². The molecule has 3 nitrogen and oxygen atoms in total. The molecule has 3 aromatic rings. The van der Waals surface area contributed by atoms with Crippen LogP contribution in [0, 0.1) is 5.82 Å². The van der Waals surface area contributed by atoms with Crippen LogP contribution >= 0.6 is 0 Å². The van der Waals surface area contributed by atoms with Gasteiger partial charge in [0.1, 0.15) is 23.9 Å². The molecule has 0 saturated carbocycles. The molecule has 0 aromatic heterocycles. The predicted octanol–water partition coefficient (Wildman–Crippen LogP) is 5.80. The van der Waals surface area contributed by atoms with Crippen molar-refractivity contribution in [3.8, 4) is 11.5 Å². The summed E-state index contributed by atoms with van der Waals surface area (Å²) in [5, 5.41) is 0. The molecule has 1 aliphatic rings. The van der Waals surface area contributed by atoms with Crippen LogP contribution in [-0.4, -0.2) is 12.9 Å². The third kappa shape index (κ3) is 4.60. The highest BCUT2D eigenvalue weighted by Gasteiger charge is 2.12. The Labute approximate surface area is 175 Å². The molecule has 4 rings (SSSR count). The van der Waals surface area contributed by atoms with Crippen LogP contribution in [0.1, 0.15) is 39.0 Å². The summed E-state index contributed by atoms with van der Waals surface area (Å²) in [5.41, 5.74) is 4.99. The largest absolute Gasteiger partial charge is 0.496 e. The first kappa shape index (κ1) is 19.9. The van der Waals surface area contributed by atoms with E-state index in [2.05, 4.69) is 12.1 Å². The van der Waals surface area contributed by atoms with E-state index in [0.717, 1.165) is 35.5 Å². The van der Waals surface area contributed by atoms with Crippen molar-refractivity contribution in [2.45, 2.75) is 25.9 Å². The highest BCUT2D eigenvalue weighted by Crippen LogP contribution is 2.28. The molecule has 0 N–H and O–H groups in total. The molecule has 0 aliphatic heterocycles. The molecule has 0 unspecified atom stereocenters. The molecule has 1 aliphatic carbocycles. The first-order valence-electron chi connectivity index (χ1n) is 10.0. The Kier molecular flexibility index (Phi) is 5.94. The Morgan fingerprint density at radius 2 is 1.80 bits per heavy atom. The molecule has 0 bridgehead atoms. The monoisotopic (exact) mass is 402 g/mol. The summed E-state index contributed by atoms with van der Waals surface area (Å²) in [6, 6.07) is 17.5. The second-order valence-electron chi connectivity index (χ2n) is 7.35. The number of rotatable bonds is 7. The van der Waals surface area contributed by atoms with Crippen LogP contribution in [-0.2, 0) is 19.4 Å². The van der Waals surface area contributed by atoms with Crippen molar-refractivity contribution in [1.82, 2.24) is 0 Å². The zero-order chi connectivity index (χ0) is 20.9. The number of aryl methyl sites for hydroxylation is 2. The third-order valence-corrected chi connectivity index (χ3v) is 5.32. The first-order chi connectivity index (χ1) is 14.6. The van der Waals surface area contributed by atoms with Crippen molar-refractivity contribution >= 4 is 11.9 Å². The summed E-state index contributed by atoms with van der Waals surface area (Å²) in [5.74, 6) is 1.05. The van der Waals surface area contributed by atoms with Crippen LogP contribution in [0.2, 0.25) is 0 Å². The first-order valence-corrected chi connectivity index (χ1v) is 10.0. The van der Waals surface area contributed by atoms with E-state index in [1.165, 1.54) is 47.9 Å². The average molecular weight is 402 g/mol. The summed E-state index contributed by atoms with van der Waals surface area (Å²) < 4.78 is 24.5. The number of methoxy groups -OCH3 is 1. The summed E-state index contributed by atoms with van der Waals surface area (Å²) >= 11 is 0. The quantitative estimate of drug-likeness (QED) is 0.370. The summed E-state index contributed by atoms with van der Waals surface area (Å²) in [4.78, 5) is 12.3. The molecular weight excluding hydrogens is 379 g/mol. The van der Waals surface area contributed by atoms with Gasteiger partial charge in [-0.3, -0.25) is 4.79 Å².